The minimum atomic E-state index is -0.281. The number of hydrogen-bond donors (Lipinski definition) is 2. The van der Waals surface area contributed by atoms with E-state index in [9.17, 15) is 4.39 Å². The first-order valence-electron chi connectivity index (χ1n) is 8.54. The fourth-order valence-electron chi connectivity index (χ4n) is 3.68. The third kappa shape index (κ3) is 2.94. The molecule has 0 amide bonds. The number of hydrogen-bond acceptors (Lipinski definition) is 4. The number of nitrogens with one attached hydrogen (secondary N) is 1. The van der Waals surface area contributed by atoms with Crippen LogP contribution >= 0.6 is 0 Å². The van der Waals surface area contributed by atoms with Crippen molar-refractivity contribution in [3.8, 4) is 0 Å². The molecule has 24 heavy (non-hydrogen) atoms. The van der Waals surface area contributed by atoms with Crippen LogP contribution < -0.4 is 5.32 Å². The number of rotatable bonds is 4. The Morgan fingerprint density at radius 1 is 1.21 bits per heavy atom. The van der Waals surface area contributed by atoms with Crippen molar-refractivity contribution in [1.29, 1.82) is 0 Å². The lowest BCUT2D eigenvalue weighted by molar-refractivity contribution is 0.225. The molecule has 1 aromatic carbocycles. The number of aliphatic hydroxyl groups is 1. The molecule has 126 valence electrons. The largest absolute Gasteiger partial charge is 0.396 e. The van der Waals surface area contributed by atoms with Gasteiger partial charge in [-0.3, -0.25) is 0 Å². The van der Waals surface area contributed by atoms with E-state index in [4.69, 9.17) is 5.11 Å². The van der Waals surface area contributed by atoms with Crippen molar-refractivity contribution in [3.63, 3.8) is 0 Å². The lowest BCUT2D eigenvalue weighted by Gasteiger charge is -2.29. The van der Waals surface area contributed by atoms with Gasteiger partial charge in [0.05, 0.1) is 11.0 Å². The van der Waals surface area contributed by atoms with Gasteiger partial charge < -0.3 is 10.4 Å². The van der Waals surface area contributed by atoms with Crippen molar-refractivity contribution in [3.05, 3.63) is 36.4 Å². The standard InChI is InChI=1S/C18H21FN4O/c19-13-3-6-15-16(9-13)22-23-11-20-18(10-17(15)23)21-14-4-1-12(2-5-14)7-8-24/h3,6,9-12,14,21,24H,1-2,4-5,7-8H2. The normalized spacial score (nSPS) is 21.4. The monoisotopic (exact) mass is 328 g/mol. The summed E-state index contributed by atoms with van der Waals surface area (Å²) in [5.74, 6) is 1.20. The maximum absolute atomic E-state index is 13.3. The minimum Gasteiger partial charge on any atom is -0.396 e. The maximum atomic E-state index is 13.3. The van der Waals surface area contributed by atoms with Gasteiger partial charge in [0, 0.05) is 30.2 Å². The molecule has 2 N–H and O–H groups in total. The van der Waals surface area contributed by atoms with Crippen LogP contribution in [-0.2, 0) is 0 Å². The molecule has 0 aliphatic heterocycles. The van der Waals surface area contributed by atoms with E-state index in [0.29, 0.717) is 17.5 Å². The highest BCUT2D eigenvalue weighted by atomic mass is 19.1. The Bertz CT molecular complexity index is 855. The van der Waals surface area contributed by atoms with Crippen LogP contribution in [0, 0.1) is 11.7 Å². The van der Waals surface area contributed by atoms with Gasteiger partial charge in [-0.25, -0.2) is 13.9 Å². The summed E-state index contributed by atoms with van der Waals surface area (Å²) in [6.45, 7) is 0.288. The molecule has 0 unspecified atom stereocenters. The number of aromatic nitrogens is 3. The molecule has 5 nitrogen and oxygen atoms in total. The summed E-state index contributed by atoms with van der Waals surface area (Å²) in [5.41, 5.74) is 1.56. The molecule has 1 aliphatic rings. The molecule has 0 spiro atoms. The molecule has 4 rings (SSSR count). The van der Waals surface area contributed by atoms with E-state index < -0.39 is 0 Å². The molecule has 0 saturated heterocycles. The van der Waals surface area contributed by atoms with Crippen molar-refractivity contribution in [1.82, 2.24) is 14.6 Å². The van der Waals surface area contributed by atoms with Gasteiger partial charge in [-0.2, -0.15) is 5.10 Å². The second-order valence-electron chi connectivity index (χ2n) is 6.64. The summed E-state index contributed by atoms with van der Waals surface area (Å²) >= 11 is 0. The van der Waals surface area contributed by atoms with Crippen molar-refractivity contribution in [2.45, 2.75) is 38.1 Å². The van der Waals surface area contributed by atoms with Gasteiger partial charge in [0.15, 0.2) is 0 Å². The van der Waals surface area contributed by atoms with Crippen LogP contribution in [0.5, 0.6) is 0 Å². The first-order chi connectivity index (χ1) is 11.7. The van der Waals surface area contributed by atoms with Crippen LogP contribution in [0.3, 0.4) is 0 Å². The highest BCUT2D eigenvalue weighted by Gasteiger charge is 2.21. The van der Waals surface area contributed by atoms with Crippen molar-refractivity contribution < 1.29 is 9.50 Å². The van der Waals surface area contributed by atoms with Crippen molar-refractivity contribution in [2.75, 3.05) is 11.9 Å². The molecule has 2 heterocycles. The van der Waals surface area contributed by atoms with E-state index in [-0.39, 0.29) is 12.4 Å². The first-order valence-corrected chi connectivity index (χ1v) is 8.54. The fraction of sp³-hybridized carbons (Fsp3) is 0.444. The third-order valence-corrected chi connectivity index (χ3v) is 5.01. The van der Waals surface area contributed by atoms with Crippen molar-refractivity contribution >= 4 is 22.2 Å². The first kappa shape index (κ1) is 15.3. The van der Waals surface area contributed by atoms with E-state index in [1.807, 2.05) is 6.07 Å². The van der Waals surface area contributed by atoms with Gasteiger partial charge in [0.1, 0.15) is 18.0 Å². The number of aliphatic hydroxyl groups excluding tert-OH is 1. The summed E-state index contributed by atoms with van der Waals surface area (Å²) in [6, 6.07) is 7.06. The van der Waals surface area contributed by atoms with E-state index in [1.165, 1.54) is 12.1 Å². The molecular weight excluding hydrogens is 307 g/mol. The Morgan fingerprint density at radius 3 is 2.83 bits per heavy atom. The van der Waals surface area contributed by atoms with Gasteiger partial charge in [-0.05, 0) is 50.2 Å². The summed E-state index contributed by atoms with van der Waals surface area (Å²) in [5, 5.41) is 17.8. The topological polar surface area (TPSA) is 62.5 Å². The quantitative estimate of drug-likeness (QED) is 0.771. The van der Waals surface area contributed by atoms with Crippen molar-refractivity contribution in [2.24, 2.45) is 5.92 Å². The number of anilines is 1. The average molecular weight is 328 g/mol. The summed E-state index contributed by atoms with van der Waals surface area (Å²) in [6.07, 6.45) is 7.08. The molecular formula is C18H21FN4O. The lowest BCUT2D eigenvalue weighted by Crippen LogP contribution is -2.26. The highest BCUT2D eigenvalue weighted by molar-refractivity contribution is 5.94. The van der Waals surface area contributed by atoms with Gasteiger partial charge >= 0.3 is 0 Å². The van der Waals surface area contributed by atoms with Gasteiger partial charge in [-0.1, -0.05) is 0 Å². The third-order valence-electron chi connectivity index (χ3n) is 5.01. The minimum absolute atomic E-state index is 0.281. The predicted octanol–water partition coefficient (Wildman–Crippen LogP) is 3.37. The highest BCUT2D eigenvalue weighted by Crippen LogP contribution is 2.29. The van der Waals surface area contributed by atoms with Crippen LogP contribution in [0.2, 0.25) is 0 Å². The Labute approximate surface area is 139 Å². The molecule has 1 aliphatic carbocycles. The molecule has 0 bridgehead atoms. The lowest BCUT2D eigenvalue weighted by atomic mass is 9.84. The molecule has 1 saturated carbocycles. The van der Waals surface area contributed by atoms with Crippen LogP contribution in [0.1, 0.15) is 32.1 Å². The van der Waals surface area contributed by atoms with E-state index >= 15 is 0 Å². The second kappa shape index (κ2) is 6.36. The van der Waals surface area contributed by atoms with Crippen LogP contribution in [-0.4, -0.2) is 32.4 Å². The molecule has 0 atom stereocenters. The molecule has 0 radical (unpaired) electrons. The smallest absolute Gasteiger partial charge is 0.130 e. The zero-order valence-corrected chi connectivity index (χ0v) is 13.5. The van der Waals surface area contributed by atoms with Crippen LogP contribution in [0.25, 0.3) is 16.4 Å². The summed E-state index contributed by atoms with van der Waals surface area (Å²) in [7, 11) is 0. The maximum Gasteiger partial charge on any atom is 0.130 e. The van der Waals surface area contributed by atoms with Gasteiger partial charge in [-0.15, -0.1) is 0 Å². The Kier molecular flexibility index (Phi) is 4.06. The molecule has 6 heteroatoms. The van der Waals surface area contributed by atoms with E-state index in [1.54, 1.807) is 16.9 Å². The Balaban J connectivity index is 1.54. The number of benzene rings is 1. The fourth-order valence-corrected chi connectivity index (χ4v) is 3.68. The SMILES string of the molecule is OCCC1CCC(Nc2cc3c4ccc(F)cc4nn3cn2)CC1. The summed E-state index contributed by atoms with van der Waals surface area (Å²) < 4.78 is 15.0. The molecule has 3 aromatic rings. The Morgan fingerprint density at radius 2 is 2.04 bits per heavy atom. The van der Waals surface area contributed by atoms with Crippen LogP contribution in [0.15, 0.2) is 30.6 Å². The number of nitrogens with zero attached hydrogens (tertiary/aromatic N) is 3. The molecule has 2 aromatic heterocycles. The summed E-state index contributed by atoms with van der Waals surface area (Å²) in [4.78, 5) is 4.43. The zero-order chi connectivity index (χ0) is 16.5. The van der Waals surface area contributed by atoms with E-state index in [0.717, 1.165) is 48.8 Å². The van der Waals surface area contributed by atoms with Crippen LogP contribution in [0.4, 0.5) is 10.2 Å². The number of fused-ring (bicyclic) bond motifs is 3. The predicted molar refractivity (Wildman–Crippen MR) is 91.5 cm³/mol. The van der Waals surface area contributed by atoms with Gasteiger partial charge in [0.2, 0.25) is 0 Å². The molecule has 1 fully saturated rings. The zero-order valence-electron chi connectivity index (χ0n) is 13.5. The Hall–Kier alpha value is -2.21. The average Bonchev–Trinajstić information content (AvgIpc) is 2.94. The van der Waals surface area contributed by atoms with E-state index in [2.05, 4.69) is 15.4 Å². The second-order valence-corrected chi connectivity index (χ2v) is 6.64. The number of halogens is 1. The van der Waals surface area contributed by atoms with Gasteiger partial charge in [0.25, 0.3) is 0 Å².